The minimum Gasteiger partial charge on any atom is -0.304 e. The van der Waals surface area contributed by atoms with Gasteiger partial charge in [0.05, 0.1) is 11.9 Å². The van der Waals surface area contributed by atoms with Crippen molar-refractivity contribution >= 4 is 5.65 Å². The van der Waals surface area contributed by atoms with Crippen LogP contribution in [0.2, 0.25) is 0 Å². The van der Waals surface area contributed by atoms with Crippen LogP contribution in [-0.4, -0.2) is 14.4 Å². The Bertz CT molecular complexity index is 421. The lowest BCUT2D eigenvalue weighted by Gasteiger charge is -1.99. The van der Waals surface area contributed by atoms with Gasteiger partial charge in [0, 0.05) is 24.0 Å². The van der Waals surface area contributed by atoms with Crippen LogP contribution in [0.15, 0.2) is 24.8 Å². The topological polar surface area (TPSA) is 30.2 Å². The van der Waals surface area contributed by atoms with Crippen LogP contribution in [0.3, 0.4) is 0 Å². The standard InChI is InChI=1S/C10H11N3/c1-10(2-3-10)8-7-13-5-4-11-6-9(13)12-8/h4-7H,2-3H2,1H3. The van der Waals surface area contributed by atoms with E-state index in [0.717, 1.165) is 5.65 Å². The van der Waals surface area contributed by atoms with Crippen molar-refractivity contribution in [1.82, 2.24) is 14.4 Å². The number of imidazole rings is 1. The normalized spacial score (nSPS) is 19.2. The molecule has 3 heteroatoms. The molecule has 13 heavy (non-hydrogen) atoms. The quantitative estimate of drug-likeness (QED) is 0.658. The second-order valence-corrected chi connectivity index (χ2v) is 4.03. The molecule has 1 saturated carbocycles. The molecule has 1 fully saturated rings. The SMILES string of the molecule is CC1(c2cn3ccncc3n2)CC1. The van der Waals surface area contributed by atoms with Gasteiger partial charge in [-0.2, -0.15) is 0 Å². The molecule has 0 radical (unpaired) electrons. The maximum atomic E-state index is 4.55. The summed E-state index contributed by atoms with van der Waals surface area (Å²) in [5.41, 5.74) is 2.51. The van der Waals surface area contributed by atoms with Crippen molar-refractivity contribution in [2.24, 2.45) is 0 Å². The highest BCUT2D eigenvalue weighted by Gasteiger charge is 2.41. The zero-order valence-electron chi connectivity index (χ0n) is 7.57. The van der Waals surface area contributed by atoms with Gasteiger partial charge in [-0.1, -0.05) is 6.92 Å². The van der Waals surface area contributed by atoms with Crippen molar-refractivity contribution in [1.29, 1.82) is 0 Å². The molecule has 0 aromatic carbocycles. The van der Waals surface area contributed by atoms with E-state index in [0.29, 0.717) is 5.41 Å². The van der Waals surface area contributed by atoms with Crippen molar-refractivity contribution in [2.75, 3.05) is 0 Å². The average Bonchev–Trinajstić information content (AvgIpc) is 2.76. The van der Waals surface area contributed by atoms with E-state index in [9.17, 15) is 0 Å². The Balaban J connectivity index is 2.22. The third-order valence-corrected chi connectivity index (χ3v) is 2.88. The molecule has 0 bridgehead atoms. The lowest BCUT2D eigenvalue weighted by molar-refractivity contribution is 0.759. The Morgan fingerprint density at radius 1 is 1.46 bits per heavy atom. The van der Waals surface area contributed by atoms with Crippen LogP contribution in [0, 0.1) is 0 Å². The first-order valence-corrected chi connectivity index (χ1v) is 4.57. The number of hydrogen-bond acceptors (Lipinski definition) is 2. The number of aromatic nitrogens is 3. The van der Waals surface area contributed by atoms with Crippen LogP contribution in [0.4, 0.5) is 0 Å². The Kier molecular flexibility index (Phi) is 1.14. The van der Waals surface area contributed by atoms with Crippen molar-refractivity contribution in [3.63, 3.8) is 0 Å². The van der Waals surface area contributed by atoms with E-state index in [-0.39, 0.29) is 0 Å². The Labute approximate surface area is 76.4 Å². The zero-order valence-corrected chi connectivity index (χ0v) is 7.57. The molecule has 1 aliphatic rings. The first-order chi connectivity index (χ1) is 6.28. The van der Waals surface area contributed by atoms with Gasteiger partial charge >= 0.3 is 0 Å². The molecule has 0 N–H and O–H groups in total. The highest BCUT2D eigenvalue weighted by atomic mass is 15.0. The zero-order chi connectivity index (χ0) is 8.89. The van der Waals surface area contributed by atoms with E-state index >= 15 is 0 Å². The molecule has 0 amide bonds. The van der Waals surface area contributed by atoms with Gasteiger partial charge in [-0.15, -0.1) is 0 Å². The molecule has 0 atom stereocenters. The molecule has 0 spiro atoms. The minimum atomic E-state index is 0.353. The van der Waals surface area contributed by atoms with E-state index < -0.39 is 0 Å². The molecular formula is C10H11N3. The molecule has 2 aromatic rings. The second kappa shape index (κ2) is 2.10. The lowest BCUT2D eigenvalue weighted by Crippen LogP contribution is -1.98. The summed E-state index contributed by atoms with van der Waals surface area (Å²) in [5.74, 6) is 0. The first kappa shape index (κ1) is 7.06. The molecule has 0 aliphatic heterocycles. The summed E-state index contributed by atoms with van der Waals surface area (Å²) in [7, 11) is 0. The Morgan fingerprint density at radius 2 is 2.31 bits per heavy atom. The summed E-state index contributed by atoms with van der Waals surface area (Å²) >= 11 is 0. The maximum absolute atomic E-state index is 4.55. The van der Waals surface area contributed by atoms with Gasteiger partial charge in [0.2, 0.25) is 0 Å². The summed E-state index contributed by atoms with van der Waals surface area (Å²) in [6.07, 6.45) is 10.2. The van der Waals surface area contributed by atoms with E-state index in [2.05, 4.69) is 23.1 Å². The fourth-order valence-corrected chi connectivity index (χ4v) is 1.58. The maximum Gasteiger partial charge on any atom is 0.155 e. The summed E-state index contributed by atoms with van der Waals surface area (Å²) in [5, 5.41) is 0. The minimum absolute atomic E-state index is 0.353. The van der Waals surface area contributed by atoms with Crippen LogP contribution < -0.4 is 0 Å². The molecule has 0 saturated heterocycles. The summed E-state index contributed by atoms with van der Waals surface area (Å²) < 4.78 is 2.03. The number of hydrogen-bond donors (Lipinski definition) is 0. The van der Waals surface area contributed by atoms with Crippen molar-refractivity contribution in [2.45, 2.75) is 25.2 Å². The Morgan fingerprint density at radius 3 is 3.00 bits per heavy atom. The van der Waals surface area contributed by atoms with E-state index in [1.807, 2.05) is 10.6 Å². The van der Waals surface area contributed by atoms with Gasteiger partial charge < -0.3 is 4.40 Å². The van der Waals surface area contributed by atoms with Crippen LogP contribution in [0.1, 0.15) is 25.5 Å². The van der Waals surface area contributed by atoms with Gasteiger partial charge in [0.25, 0.3) is 0 Å². The van der Waals surface area contributed by atoms with Crippen LogP contribution in [-0.2, 0) is 5.41 Å². The third-order valence-electron chi connectivity index (χ3n) is 2.88. The number of rotatable bonds is 1. The third kappa shape index (κ3) is 0.963. The van der Waals surface area contributed by atoms with E-state index in [4.69, 9.17) is 0 Å². The lowest BCUT2D eigenvalue weighted by atomic mass is 10.1. The summed E-state index contributed by atoms with van der Waals surface area (Å²) in [6.45, 7) is 2.27. The average molecular weight is 173 g/mol. The van der Waals surface area contributed by atoms with Crippen molar-refractivity contribution in [3.8, 4) is 0 Å². The summed E-state index contributed by atoms with van der Waals surface area (Å²) in [4.78, 5) is 8.59. The fraction of sp³-hybridized carbons (Fsp3) is 0.400. The van der Waals surface area contributed by atoms with E-state index in [1.54, 1.807) is 12.4 Å². The molecule has 1 aliphatic carbocycles. The summed E-state index contributed by atoms with van der Waals surface area (Å²) in [6, 6.07) is 0. The van der Waals surface area contributed by atoms with Gasteiger partial charge in [-0.3, -0.25) is 4.98 Å². The van der Waals surface area contributed by atoms with Gasteiger partial charge in [-0.05, 0) is 12.8 Å². The fourth-order valence-electron chi connectivity index (χ4n) is 1.58. The highest BCUT2D eigenvalue weighted by molar-refractivity contribution is 5.39. The molecule has 3 nitrogen and oxygen atoms in total. The predicted octanol–water partition coefficient (Wildman–Crippen LogP) is 1.78. The molecule has 2 aromatic heterocycles. The Hall–Kier alpha value is -1.38. The van der Waals surface area contributed by atoms with E-state index in [1.165, 1.54) is 18.5 Å². The van der Waals surface area contributed by atoms with Gasteiger partial charge in [0.1, 0.15) is 0 Å². The molecular weight excluding hydrogens is 162 g/mol. The predicted molar refractivity (Wildman–Crippen MR) is 49.6 cm³/mol. The van der Waals surface area contributed by atoms with Gasteiger partial charge in [-0.25, -0.2) is 4.98 Å². The molecule has 2 heterocycles. The van der Waals surface area contributed by atoms with Gasteiger partial charge in [0.15, 0.2) is 5.65 Å². The van der Waals surface area contributed by atoms with Crippen LogP contribution in [0.25, 0.3) is 5.65 Å². The van der Waals surface area contributed by atoms with Crippen molar-refractivity contribution < 1.29 is 0 Å². The van der Waals surface area contributed by atoms with Crippen molar-refractivity contribution in [3.05, 3.63) is 30.5 Å². The largest absolute Gasteiger partial charge is 0.304 e. The highest BCUT2D eigenvalue weighted by Crippen LogP contribution is 2.46. The molecule has 0 unspecified atom stereocenters. The van der Waals surface area contributed by atoms with Crippen LogP contribution in [0.5, 0.6) is 0 Å². The first-order valence-electron chi connectivity index (χ1n) is 4.57. The second-order valence-electron chi connectivity index (χ2n) is 4.03. The monoisotopic (exact) mass is 173 g/mol. The number of fused-ring (bicyclic) bond motifs is 1. The molecule has 3 rings (SSSR count). The van der Waals surface area contributed by atoms with Crippen LogP contribution >= 0.6 is 0 Å². The number of nitrogens with zero attached hydrogens (tertiary/aromatic N) is 3. The molecule has 66 valence electrons. The smallest absolute Gasteiger partial charge is 0.155 e.